The van der Waals surface area contributed by atoms with Crippen LogP contribution in [0.1, 0.15) is 30.0 Å². The van der Waals surface area contributed by atoms with E-state index in [1.807, 2.05) is 30.3 Å². The first kappa shape index (κ1) is 17.0. The van der Waals surface area contributed by atoms with E-state index in [9.17, 15) is 14.7 Å². The lowest BCUT2D eigenvalue weighted by Gasteiger charge is -2.20. The highest BCUT2D eigenvalue weighted by Crippen LogP contribution is 2.19. The molecule has 0 heterocycles. The van der Waals surface area contributed by atoms with Crippen molar-refractivity contribution in [2.45, 2.75) is 25.3 Å². The van der Waals surface area contributed by atoms with Crippen molar-refractivity contribution in [1.29, 1.82) is 0 Å². The smallest absolute Gasteiger partial charge is 0.220 e. The van der Waals surface area contributed by atoms with Gasteiger partial charge in [0.1, 0.15) is 0 Å². The molecule has 0 aromatic heterocycles. The second kappa shape index (κ2) is 8.34. The molecule has 0 radical (unpaired) electrons. The summed E-state index contributed by atoms with van der Waals surface area (Å²) in [5.41, 5.74) is 1.75. The Balaban J connectivity index is 1.98. The third-order valence-corrected chi connectivity index (χ3v) is 3.71. The van der Waals surface area contributed by atoms with Crippen molar-refractivity contribution in [2.24, 2.45) is 0 Å². The lowest BCUT2D eigenvalue weighted by Crippen LogP contribution is -2.34. The first-order valence-electron chi connectivity index (χ1n) is 7.33. The predicted molar refractivity (Wildman–Crippen MR) is 86.7 cm³/mol. The third kappa shape index (κ3) is 5.75. The SMILES string of the molecule is O=C([O-])CC(NC(=O)CCc1ccccc1)c1ccc(Cl)cc1. The molecule has 0 bridgehead atoms. The van der Waals surface area contributed by atoms with Crippen molar-refractivity contribution >= 4 is 23.5 Å². The molecule has 0 saturated heterocycles. The molecule has 23 heavy (non-hydrogen) atoms. The number of carbonyl (C=O) groups excluding carboxylic acids is 2. The molecule has 2 aromatic carbocycles. The maximum atomic E-state index is 12.1. The van der Waals surface area contributed by atoms with Gasteiger partial charge in [-0.15, -0.1) is 0 Å². The number of hydrogen-bond acceptors (Lipinski definition) is 3. The molecule has 5 heteroatoms. The molecular formula is C18H17ClNO3-. The van der Waals surface area contributed by atoms with Crippen LogP contribution < -0.4 is 10.4 Å². The number of carboxylic acid groups (broad SMARTS) is 1. The summed E-state index contributed by atoms with van der Waals surface area (Å²) in [4.78, 5) is 23.0. The summed E-state index contributed by atoms with van der Waals surface area (Å²) in [6.45, 7) is 0. The van der Waals surface area contributed by atoms with Crippen molar-refractivity contribution in [3.05, 3.63) is 70.7 Å². The average Bonchev–Trinajstić information content (AvgIpc) is 2.53. The molecule has 1 N–H and O–H groups in total. The van der Waals surface area contributed by atoms with Crippen LogP contribution in [0.25, 0.3) is 0 Å². The van der Waals surface area contributed by atoms with Crippen LogP contribution in [0.3, 0.4) is 0 Å². The van der Waals surface area contributed by atoms with E-state index in [1.54, 1.807) is 24.3 Å². The van der Waals surface area contributed by atoms with E-state index in [0.717, 1.165) is 5.56 Å². The molecule has 4 nitrogen and oxygen atoms in total. The van der Waals surface area contributed by atoms with Gasteiger partial charge in [0.15, 0.2) is 0 Å². The summed E-state index contributed by atoms with van der Waals surface area (Å²) < 4.78 is 0. The highest BCUT2D eigenvalue weighted by molar-refractivity contribution is 6.30. The number of aryl methyl sites for hydroxylation is 1. The van der Waals surface area contributed by atoms with E-state index in [0.29, 0.717) is 23.4 Å². The highest BCUT2D eigenvalue weighted by Gasteiger charge is 2.15. The Kier molecular flexibility index (Phi) is 6.18. The van der Waals surface area contributed by atoms with Crippen molar-refractivity contribution in [2.75, 3.05) is 0 Å². The van der Waals surface area contributed by atoms with Gasteiger partial charge in [-0.05, 0) is 29.7 Å². The molecule has 0 aliphatic rings. The second-order valence-electron chi connectivity index (χ2n) is 5.23. The highest BCUT2D eigenvalue weighted by atomic mass is 35.5. The predicted octanol–water partition coefficient (Wildman–Crippen LogP) is 2.27. The molecular weight excluding hydrogens is 314 g/mol. The summed E-state index contributed by atoms with van der Waals surface area (Å²) in [6, 6.07) is 15.8. The van der Waals surface area contributed by atoms with Crippen molar-refractivity contribution in [3.8, 4) is 0 Å². The number of rotatable bonds is 7. The third-order valence-electron chi connectivity index (χ3n) is 3.46. The number of halogens is 1. The van der Waals surface area contributed by atoms with Crippen LogP contribution in [-0.4, -0.2) is 11.9 Å². The van der Waals surface area contributed by atoms with Crippen molar-refractivity contribution in [1.82, 2.24) is 5.32 Å². The number of carboxylic acids is 1. The van der Waals surface area contributed by atoms with E-state index >= 15 is 0 Å². The number of aliphatic carboxylic acids is 1. The van der Waals surface area contributed by atoms with Crippen LogP contribution in [0.4, 0.5) is 0 Å². The Labute approximate surface area is 140 Å². The summed E-state index contributed by atoms with van der Waals surface area (Å²) in [6.07, 6.45) is 0.616. The van der Waals surface area contributed by atoms with Gasteiger partial charge in [-0.2, -0.15) is 0 Å². The largest absolute Gasteiger partial charge is 0.550 e. The topological polar surface area (TPSA) is 69.2 Å². The van der Waals surface area contributed by atoms with Gasteiger partial charge in [0, 0.05) is 23.8 Å². The zero-order valence-corrected chi connectivity index (χ0v) is 13.3. The molecule has 1 unspecified atom stereocenters. The molecule has 120 valence electrons. The van der Waals surface area contributed by atoms with Gasteiger partial charge in [0.2, 0.25) is 5.91 Å². The number of amides is 1. The Morgan fingerprint density at radius 1 is 1.04 bits per heavy atom. The van der Waals surface area contributed by atoms with E-state index in [2.05, 4.69) is 5.32 Å². The van der Waals surface area contributed by atoms with Gasteiger partial charge >= 0.3 is 0 Å². The van der Waals surface area contributed by atoms with Gasteiger partial charge in [-0.25, -0.2) is 0 Å². The van der Waals surface area contributed by atoms with Gasteiger partial charge in [-0.3, -0.25) is 4.79 Å². The zero-order chi connectivity index (χ0) is 16.7. The van der Waals surface area contributed by atoms with Crippen LogP contribution in [0, 0.1) is 0 Å². The lowest BCUT2D eigenvalue weighted by molar-refractivity contribution is -0.306. The van der Waals surface area contributed by atoms with Gasteiger partial charge in [0.05, 0.1) is 6.04 Å². The molecule has 0 spiro atoms. The fourth-order valence-corrected chi connectivity index (χ4v) is 2.41. The molecule has 0 fully saturated rings. The maximum Gasteiger partial charge on any atom is 0.220 e. The van der Waals surface area contributed by atoms with E-state index in [-0.39, 0.29) is 12.3 Å². The Morgan fingerprint density at radius 2 is 1.70 bits per heavy atom. The normalized spacial score (nSPS) is 11.7. The second-order valence-corrected chi connectivity index (χ2v) is 5.67. The van der Waals surface area contributed by atoms with Crippen molar-refractivity contribution in [3.63, 3.8) is 0 Å². The van der Waals surface area contributed by atoms with Crippen LogP contribution >= 0.6 is 11.6 Å². The van der Waals surface area contributed by atoms with Gasteiger partial charge < -0.3 is 15.2 Å². The summed E-state index contributed by atoms with van der Waals surface area (Å²) in [7, 11) is 0. The Hall–Kier alpha value is -2.33. The minimum Gasteiger partial charge on any atom is -0.550 e. The Bertz CT molecular complexity index is 656. The number of carbonyl (C=O) groups is 2. The molecule has 0 saturated carbocycles. The van der Waals surface area contributed by atoms with Gasteiger partial charge in [-0.1, -0.05) is 54.1 Å². The van der Waals surface area contributed by atoms with Crippen LogP contribution in [0.2, 0.25) is 5.02 Å². The summed E-state index contributed by atoms with van der Waals surface area (Å²) >= 11 is 5.83. The van der Waals surface area contributed by atoms with E-state index in [4.69, 9.17) is 11.6 Å². The standard InChI is InChI=1S/C18H18ClNO3/c19-15-9-7-14(8-10-15)16(12-18(22)23)20-17(21)11-6-13-4-2-1-3-5-13/h1-5,7-10,16H,6,11-12H2,(H,20,21)(H,22,23)/p-1. The summed E-state index contributed by atoms with van der Waals surface area (Å²) in [5, 5.41) is 14.2. The first-order valence-corrected chi connectivity index (χ1v) is 7.71. The molecule has 0 aliphatic carbocycles. The molecule has 1 atom stereocenters. The minimum absolute atomic E-state index is 0.199. The fraction of sp³-hybridized carbons (Fsp3) is 0.222. The Morgan fingerprint density at radius 3 is 2.30 bits per heavy atom. The van der Waals surface area contributed by atoms with Crippen LogP contribution in [0.5, 0.6) is 0 Å². The van der Waals surface area contributed by atoms with E-state index in [1.165, 1.54) is 0 Å². The lowest BCUT2D eigenvalue weighted by atomic mass is 10.0. The van der Waals surface area contributed by atoms with Crippen LogP contribution in [0.15, 0.2) is 54.6 Å². The fourth-order valence-electron chi connectivity index (χ4n) is 2.28. The zero-order valence-electron chi connectivity index (χ0n) is 12.5. The number of benzene rings is 2. The monoisotopic (exact) mass is 330 g/mol. The quantitative estimate of drug-likeness (QED) is 0.846. The number of hydrogen-bond donors (Lipinski definition) is 1. The number of nitrogens with one attached hydrogen (secondary N) is 1. The molecule has 2 rings (SSSR count). The van der Waals surface area contributed by atoms with Crippen molar-refractivity contribution < 1.29 is 14.7 Å². The molecule has 1 amide bonds. The molecule has 0 aliphatic heterocycles. The maximum absolute atomic E-state index is 12.1. The van der Waals surface area contributed by atoms with Crippen LogP contribution in [-0.2, 0) is 16.0 Å². The summed E-state index contributed by atoms with van der Waals surface area (Å²) in [5.74, 6) is -1.41. The van der Waals surface area contributed by atoms with E-state index < -0.39 is 12.0 Å². The van der Waals surface area contributed by atoms with Gasteiger partial charge in [0.25, 0.3) is 0 Å². The average molecular weight is 331 g/mol. The minimum atomic E-state index is -1.21. The first-order chi connectivity index (χ1) is 11.0. The molecule has 2 aromatic rings.